The van der Waals surface area contributed by atoms with Gasteiger partial charge in [-0.1, -0.05) is 6.07 Å². The average molecular weight is 314 g/mol. The number of thiophene rings is 1. The van der Waals surface area contributed by atoms with Crippen molar-refractivity contribution in [3.05, 3.63) is 52.2 Å². The van der Waals surface area contributed by atoms with Crippen LogP contribution in [0.2, 0.25) is 0 Å². The lowest BCUT2D eigenvalue weighted by Crippen LogP contribution is -3.15. The summed E-state index contributed by atoms with van der Waals surface area (Å²) in [5.74, 6) is -0.00175. The van der Waals surface area contributed by atoms with Gasteiger partial charge < -0.3 is 10.2 Å². The van der Waals surface area contributed by atoms with E-state index in [1.807, 2.05) is 13.0 Å². The first-order chi connectivity index (χ1) is 10.6. The lowest BCUT2D eigenvalue weighted by atomic mass is 10.2. The minimum Gasteiger partial charge on any atom is -0.321 e. The molecule has 0 aliphatic rings. The summed E-state index contributed by atoms with van der Waals surface area (Å²) >= 11 is 1.72. The normalized spacial score (nSPS) is 13.1. The van der Waals surface area contributed by atoms with Gasteiger partial charge >= 0.3 is 0 Å². The van der Waals surface area contributed by atoms with Crippen LogP contribution in [-0.2, 0) is 11.3 Å². The number of benzene rings is 1. The molecule has 0 aliphatic heterocycles. The molecule has 0 aliphatic carbocycles. The average Bonchev–Trinajstić information content (AvgIpc) is 3.05. The highest BCUT2D eigenvalue weighted by Crippen LogP contribution is 2.09. The second-order valence-electron chi connectivity index (χ2n) is 5.17. The van der Waals surface area contributed by atoms with Crippen molar-refractivity contribution in [2.75, 3.05) is 11.9 Å². The number of nitrogens with zero attached hydrogens (tertiary/aromatic N) is 1. The second-order valence-corrected chi connectivity index (χ2v) is 6.20. The SMILES string of the molecule is CC[NH+](Cc1cccs1)[C@@H](C)C(=O)Nc1ccc(C#N)cc1. The number of nitrogens with one attached hydrogen (secondary N) is 2. The largest absolute Gasteiger partial charge is 0.321 e. The number of quaternary nitrogens is 1. The molecule has 5 heteroatoms. The molecule has 114 valence electrons. The van der Waals surface area contributed by atoms with Crippen LogP contribution in [0.15, 0.2) is 41.8 Å². The topological polar surface area (TPSA) is 57.3 Å². The summed E-state index contributed by atoms with van der Waals surface area (Å²) in [6.45, 7) is 5.79. The minimum absolute atomic E-state index is 0.00175. The highest BCUT2D eigenvalue weighted by atomic mass is 32.1. The summed E-state index contributed by atoms with van der Waals surface area (Å²) in [4.78, 5) is 14.9. The Kier molecular flexibility index (Phi) is 5.70. The zero-order valence-electron chi connectivity index (χ0n) is 12.8. The molecule has 0 spiro atoms. The standard InChI is InChI=1S/C17H19N3OS/c1-3-20(12-16-5-4-10-22-16)13(2)17(21)19-15-8-6-14(11-18)7-9-15/h4-10,13H,3,12H2,1-2H3,(H,19,21)/p+1/t13-/m0/s1. The van der Waals surface area contributed by atoms with Crippen LogP contribution in [0, 0.1) is 11.3 Å². The maximum Gasteiger partial charge on any atom is 0.282 e. The molecule has 1 aromatic heterocycles. The molecule has 1 heterocycles. The van der Waals surface area contributed by atoms with Gasteiger partial charge in [-0.3, -0.25) is 4.79 Å². The summed E-state index contributed by atoms with van der Waals surface area (Å²) < 4.78 is 0. The molecule has 1 aromatic carbocycles. The Bertz CT molecular complexity index is 644. The Hall–Kier alpha value is -2.16. The molecule has 0 fully saturated rings. The molecular formula is C17H20N3OS+. The summed E-state index contributed by atoms with van der Waals surface area (Å²) in [5.41, 5.74) is 1.31. The van der Waals surface area contributed by atoms with E-state index < -0.39 is 0 Å². The van der Waals surface area contributed by atoms with Crippen LogP contribution in [0.5, 0.6) is 0 Å². The molecule has 0 saturated carbocycles. The molecule has 1 amide bonds. The highest BCUT2D eigenvalue weighted by molar-refractivity contribution is 7.09. The van der Waals surface area contributed by atoms with Crippen molar-refractivity contribution < 1.29 is 9.69 Å². The van der Waals surface area contributed by atoms with Crippen molar-refractivity contribution in [1.82, 2.24) is 0 Å². The van der Waals surface area contributed by atoms with E-state index in [0.29, 0.717) is 5.56 Å². The fourth-order valence-corrected chi connectivity index (χ4v) is 3.04. The number of amides is 1. The quantitative estimate of drug-likeness (QED) is 0.857. The van der Waals surface area contributed by atoms with Crippen LogP contribution in [0.4, 0.5) is 5.69 Å². The van der Waals surface area contributed by atoms with Gasteiger partial charge in [0.15, 0.2) is 6.04 Å². The molecule has 2 N–H and O–H groups in total. The molecule has 2 atom stereocenters. The van der Waals surface area contributed by atoms with Gasteiger partial charge in [0, 0.05) is 5.69 Å². The van der Waals surface area contributed by atoms with Gasteiger partial charge in [0.25, 0.3) is 5.91 Å². The van der Waals surface area contributed by atoms with Crippen LogP contribution < -0.4 is 10.2 Å². The van der Waals surface area contributed by atoms with Crippen LogP contribution >= 0.6 is 11.3 Å². The van der Waals surface area contributed by atoms with Crippen LogP contribution in [0.3, 0.4) is 0 Å². The van der Waals surface area contributed by atoms with Gasteiger partial charge in [0.1, 0.15) is 6.54 Å². The van der Waals surface area contributed by atoms with Crippen molar-refractivity contribution in [2.24, 2.45) is 0 Å². The Morgan fingerprint density at radius 3 is 2.64 bits per heavy atom. The minimum atomic E-state index is -0.136. The van der Waals surface area contributed by atoms with Crippen molar-refractivity contribution in [3.63, 3.8) is 0 Å². The van der Waals surface area contributed by atoms with Crippen molar-refractivity contribution >= 4 is 22.9 Å². The molecule has 2 rings (SSSR count). The number of likely N-dealkylation sites (N-methyl/N-ethyl adjacent to an activating group) is 1. The van der Waals surface area contributed by atoms with Crippen LogP contribution in [-0.4, -0.2) is 18.5 Å². The zero-order valence-corrected chi connectivity index (χ0v) is 13.6. The molecule has 0 radical (unpaired) electrons. The van der Waals surface area contributed by atoms with Gasteiger partial charge in [-0.2, -0.15) is 5.26 Å². The van der Waals surface area contributed by atoms with E-state index in [1.165, 1.54) is 9.78 Å². The fraction of sp³-hybridized carbons (Fsp3) is 0.294. The number of carbonyl (C=O) groups excluding carboxylic acids is 1. The molecule has 2 aromatic rings. The molecule has 1 unspecified atom stereocenters. The number of hydrogen-bond donors (Lipinski definition) is 2. The Labute approximate surface area is 135 Å². The number of nitriles is 1. The van der Waals surface area contributed by atoms with E-state index >= 15 is 0 Å². The second kappa shape index (κ2) is 7.74. The van der Waals surface area contributed by atoms with Crippen molar-refractivity contribution in [1.29, 1.82) is 5.26 Å². The third-order valence-electron chi connectivity index (χ3n) is 3.72. The molecule has 22 heavy (non-hydrogen) atoms. The zero-order chi connectivity index (χ0) is 15.9. The first kappa shape index (κ1) is 16.2. The Morgan fingerprint density at radius 2 is 2.09 bits per heavy atom. The molecule has 0 saturated heterocycles. The lowest BCUT2D eigenvalue weighted by molar-refractivity contribution is -0.925. The van der Waals surface area contributed by atoms with Crippen molar-refractivity contribution in [2.45, 2.75) is 26.4 Å². The van der Waals surface area contributed by atoms with E-state index in [0.717, 1.165) is 18.8 Å². The van der Waals surface area contributed by atoms with E-state index in [9.17, 15) is 4.79 Å². The summed E-state index contributed by atoms with van der Waals surface area (Å²) in [6, 6.07) is 13.0. The van der Waals surface area contributed by atoms with E-state index in [2.05, 4.69) is 29.8 Å². The van der Waals surface area contributed by atoms with Crippen LogP contribution in [0.1, 0.15) is 24.3 Å². The monoisotopic (exact) mass is 314 g/mol. The van der Waals surface area contributed by atoms with Gasteiger partial charge in [-0.15, -0.1) is 11.3 Å². The number of carbonyl (C=O) groups is 1. The van der Waals surface area contributed by atoms with Crippen molar-refractivity contribution in [3.8, 4) is 6.07 Å². The molecule has 0 bridgehead atoms. The maximum atomic E-state index is 12.4. The summed E-state index contributed by atoms with van der Waals surface area (Å²) in [7, 11) is 0. The number of anilines is 1. The first-order valence-electron chi connectivity index (χ1n) is 7.32. The van der Waals surface area contributed by atoms with Gasteiger partial charge in [-0.25, -0.2) is 0 Å². The van der Waals surface area contributed by atoms with Gasteiger partial charge in [-0.05, 0) is 49.6 Å². The summed E-state index contributed by atoms with van der Waals surface area (Å²) in [6.07, 6.45) is 0. The molecule has 4 nitrogen and oxygen atoms in total. The summed E-state index contributed by atoms with van der Waals surface area (Å²) in [5, 5.41) is 13.8. The maximum absolute atomic E-state index is 12.4. The van der Waals surface area contributed by atoms with Gasteiger partial charge in [0.2, 0.25) is 0 Å². The van der Waals surface area contributed by atoms with E-state index in [-0.39, 0.29) is 11.9 Å². The Balaban J connectivity index is 1.98. The predicted molar refractivity (Wildman–Crippen MR) is 88.8 cm³/mol. The predicted octanol–water partition coefficient (Wildman–Crippen LogP) is 2.05. The Morgan fingerprint density at radius 1 is 1.36 bits per heavy atom. The molecular weight excluding hydrogens is 294 g/mol. The van der Waals surface area contributed by atoms with Crippen LogP contribution in [0.25, 0.3) is 0 Å². The lowest BCUT2D eigenvalue weighted by Gasteiger charge is -2.23. The van der Waals surface area contributed by atoms with E-state index in [4.69, 9.17) is 5.26 Å². The first-order valence-corrected chi connectivity index (χ1v) is 8.20. The number of rotatable bonds is 6. The number of hydrogen-bond acceptors (Lipinski definition) is 3. The smallest absolute Gasteiger partial charge is 0.282 e. The third-order valence-corrected chi connectivity index (χ3v) is 4.60. The van der Waals surface area contributed by atoms with E-state index in [1.54, 1.807) is 35.6 Å². The van der Waals surface area contributed by atoms with Gasteiger partial charge in [0.05, 0.1) is 23.1 Å². The fourth-order valence-electron chi connectivity index (χ4n) is 2.29. The third kappa shape index (κ3) is 4.17. The highest BCUT2D eigenvalue weighted by Gasteiger charge is 2.24.